The molecule has 2 aromatic rings. The molecule has 0 aliphatic carbocycles. The zero-order valence-electron chi connectivity index (χ0n) is 16.0. The first kappa shape index (κ1) is 19.9. The summed E-state index contributed by atoms with van der Waals surface area (Å²) in [6.45, 7) is 4.87. The standard InChI is InChI=1S/C21H22N2O4S/c1-14-8-4-7-11-17(14)28-13-19(25)27-12-18(24)23-16-10-6-5-9-15(16)22-20(26)21(23,2)3/h4-11H,12-13H2,1-3H3,(H,22,26). The van der Waals surface area contributed by atoms with Gasteiger partial charge in [0.15, 0.2) is 6.61 Å². The van der Waals surface area contributed by atoms with E-state index in [1.54, 1.807) is 38.1 Å². The normalized spacial score (nSPS) is 14.8. The number of hydrogen-bond donors (Lipinski definition) is 1. The smallest absolute Gasteiger partial charge is 0.316 e. The van der Waals surface area contributed by atoms with Gasteiger partial charge in [0.25, 0.3) is 5.91 Å². The average molecular weight is 398 g/mol. The Kier molecular flexibility index (Phi) is 5.74. The van der Waals surface area contributed by atoms with Gasteiger partial charge in [0.1, 0.15) is 5.54 Å². The Hall–Kier alpha value is -2.80. The summed E-state index contributed by atoms with van der Waals surface area (Å²) < 4.78 is 5.18. The molecule has 0 spiro atoms. The Bertz CT molecular complexity index is 926. The van der Waals surface area contributed by atoms with Crippen LogP contribution in [-0.2, 0) is 19.1 Å². The maximum Gasteiger partial charge on any atom is 0.316 e. The summed E-state index contributed by atoms with van der Waals surface area (Å²) in [4.78, 5) is 39.7. The highest BCUT2D eigenvalue weighted by molar-refractivity contribution is 8.00. The van der Waals surface area contributed by atoms with Crippen molar-refractivity contribution in [1.82, 2.24) is 0 Å². The summed E-state index contributed by atoms with van der Waals surface area (Å²) in [6, 6.07) is 14.8. The zero-order valence-corrected chi connectivity index (χ0v) is 16.8. The van der Waals surface area contributed by atoms with Crippen LogP contribution in [0.25, 0.3) is 0 Å². The summed E-state index contributed by atoms with van der Waals surface area (Å²) in [5, 5.41) is 2.80. The monoisotopic (exact) mass is 398 g/mol. The maximum atomic E-state index is 12.8. The van der Waals surface area contributed by atoms with E-state index in [0.717, 1.165) is 10.5 Å². The molecule has 1 N–H and O–H groups in total. The lowest BCUT2D eigenvalue weighted by Gasteiger charge is -2.41. The van der Waals surface area contributed by atoms with Crippen LogP contribution < -0.4 is 10.2 Å². The summed E-state index contributed by atoms with van der Waals surface area (Å²) in [5.41, 5.74) is 1.13. The number of rotatable bonds is 5. The molecule has 0 aromatic heterocycles. The van der Waals surface area contributed by atoms with Gasteiger partial charge in [0.05, 0.1) is 17.1 Å². The highest BCUT2D eigenvalue weighted by Gasteiger charge is 2.43. The molecule has 1 heterocycles. The fraction of sp³-hybridized carbons (Fsp3) is 0.286. The topological polar surface area (TPSA) is 75.7 Å². The summed E-state index contributed by atoms with van der Waals surface area (Å²) in [7, 11) is 0. The number of carbonyl (C=O) groups excluding carboxylic acids is 3. The van der Waals surface area contributed by atoms with Gasteiger partial charge in [0, 0.05) is 4.90 Å². The summed E-state index contributed by atoms with van der Waals surface area (Å²) in [5.74, 6) is -1.10. The van der Waals surface area contributed by atoms with Crippen molar-refractivity contribution in [2.75, 3.05) is 22.6 Å². The molecule has 0 bridgehead atoms. The number of aryl methyl sites for hydroxylation is 1. The van der Waals surface area contributed by atoms with E-state index in [4.69, 9.17) is 4.74 Å². The first-order valence-corrected chi connectivity index (χ1v) is 9.87. The molecule has 0 fully saturated rings. The molecule has 0 radical (unpaired) electrons. The molecule has 2 amide bonds. The number of fused-ring (bicyclic) bond motifs is 1. The second-order valence-electron chi connectivity index (χ2n) is 6.97. The van der Waals surface area contributed by atoms with Crippen molar-refractivity contribution in [3.8, 4) is 0 Å². The predicted octanol–water partition coefficient (Wildman–Crippen LogP) is 3.39. The Morgan fingerprint density at radius 3 is 2.54 bits per heavy atom. The number of ether oxygens (including phenoxy) is 1. The lowest BCUT2D eigenvalue weighted by molar-refractivity contribution is -0.145. The molecule has 28 heavy (non-hydrogen) atoms. The van der Waals surface area contributed by atoms with E-state index in [2.05, 4.69) is 5.32 Å². The van der Waals surface area contributed by atoms with Crippen LogP contribution in [0.4, 0.5) is 11.4 Å². The number of thioether (sulfide) groups is 1. The van der Waals surface area contributed by atoms with E-state index in [9.17, 15) is 14.4 Å². The number of hydrogen-bond acceptors (Lipinski definition) is 5. The highest BCUT2D eigenvalue weighted by atomic mass is 32.2. The van der Waals surface area contributed by atoms with Gasteiger partial charge in [-0.1, -0.05) is 30.3 Å². The summed E-state index contributed by atoms with van der Waals surface area (Å²) in [6.07, 6.45) is 0. The van der Waals surface area contributed by atoms with Gasteiger partial charge in [-0.2, -0.15) is 0 Å². The van der Waals surface area contributed by atoms with Crippen molar-refractivity contribution in [2.24, 2.45) is 0 Å². The average Bonchev–Trinajstić information content (AvgIpc) is 2.66. The number of nitrogens with zero attached hydrogens (tertiary/aromatic N) is 1. The molecular formula is C21H22N2O4S. The van der Waals surface area contributed by atoms with Crippen molar-refractivity contribution in [3.63, 3.8) is 0 Å². The molecule has 0 unspecified atom stereocenters. The maximum absolute atomic E-state index is 12.8. The number of carbonyl (C=O) groups is 3. The van der Waals surface area contributed by atoms with Gasteiger partial charge in [-0.25, -0.2) is 0 Å². The minimum absolute atomic E-state index is 0.110. The van der Waals surface area contributed by atoms with Crippen molar-refractivity contribution >= 4 is 40.9 Å². The minimum Gasteiger partial charge on any atom is -0.455 e. The SMILES string of the molecule is Cc1ccccc1SCC(=O)OCC(=O)N1c2ccccc2NC(=O)C1(C)C. The Labute approximate surface area is 168 Å². The quantitative estimate of drug-likeness (QED) is 0.617. The highest BCUT2D eigenvalue weighted by Crippen LogP contribution is 2.36. The van der Waals surface area contributed by atoms with Gasteiger partial charge in [-0.05, 0) is 44.5 Å². The van der Waals surface area contributed by atoms with Crippen LogP contribution in [0, 0.1) is 6.92 Å². The van der Waals surface area contributed by atoms with Crippen molar-refractivity contribution in [1.29, 1.82) is 0 Å². The number of anilines is 2. The number of amides is 2. The predicted molar refractivity (Wildman–Crippen MR) is 109 cm³/mol. The fourth-order valence-electron chi connectivity index (χ4n) is 3.00. The molecule has 6 nitrogen and oxygen atoms in total. The molecule has 2 aromatic carbocycles. The third-order valence-corrected chi connectivity index (χ3v) is 5.70. The first-order valence-electron chi connectivity index (χ1n) is 8.88. The Morgan fingerprint density at radius 2 is 1.79 bits per heavy atom. The van der Waals surface area contributed by atoms with Gasteiger partial charge in [-0.3, -0.25) is 19.3 Å². The zero-order chi connectivity index (χ0) is 20.3. The Morgan fingerprint density at radius 1 is 1.11 bits per heavy atom. The number of benzene rings is 2. The van der Waals surface area contributed by atoms with Crippen LogP contribution in [0.5, 0.6) is 0 Å². The summed E-state index contributed by atoms with van der Waals surface area (Å²) >= 11 is 1.37. The van der Waals surface area contributed by atoms with Crippen LogP contribution in [-0.4, -0.2) is 35.7 Å². The van der Waals surface area contributed by atoms with Crippen LogP contribution in [0.1, 0.15) is 19.4 Å². The Balaban J connectivity index is 1.64. The molecule has 3 rings (SSSR count). The van der Waals surface area contributed by atoms with Crippen LogP contribution in [0.2, 0.25) is 0 Å². The third-order valence-electron chi connectivity index (χ3n) is 4.55. The van der Waals surface area contributed by atoms with Crippen LogP contribution in [0.3, 0.4) is 0 Å². The van der Waals surface area contributed by atoms with Crippen molar-refractivity contribution in [3.05, 3.63) is 54.1 Å². The van der Waals surface area contributed by atoms with E-state index in [0.29, 0.717) is 11.4 Å². The molecule has 0 saturated heterocycles. The molecule has 1 aliphatic heterocycles. The van der Waals surface area contributed by atoms with Crippen molar-refractivity contribution in [2.45, 2.75) is 31.2 Å². The van der Waals surface area contributed by atoms with E-state index in [1.807, 2.05) is 31.2 Å². The van der Waals surface area contributed by atoms with E-state index in [-0.39, 0.29) is 11.7 Å². The van der Waals surface area contributed by atoms with E-state index >= 15 is 0 Å². The lowest BCUT2D eigenvalue weighted by atomic mass is 9.96. The molecule has 1 aliphatic rings. The molecule has 0 atom stereocenters. The lowest BCUT2D eigenvalue weighted by Crippen LogP contribution is -2.59. The first-order chi connectivity index (χ1) is 13.3. The number of para-hydroxylation sites is 2. The van der Waals surface area contributed by atoms with Crippen LogP contribution in [0.15, 0.2) is 53.4 Å². The molecule has 146 valence electrons. The van der Waals surface area contributed by atoms with Gasteiger partial charge in [-0.15, -0.1) is 11.8 Å². The second-order valence-corrected chi connectivity index (χ2v) is 7.99. The molecular weight excluding hydrogens is 376 g/mol. The number of nitrogens with one attached hydrogen (secondary N) is 1. The second kappa shape index (κ2) is 8.06. The largest absolute Gasteiger partial charge is 0.455 e. The van der Waals surface area contributed by atoms with E-state index < -0.39 is 24.0 Å². The molecule has 7 heteroatoms. The van der Waals surface area contributed by atoms with Gasteiger partial charge in [0.2, 0.25) is 5.91 Å². The van der Waals surface area contributed by atoms with E-state index in [1.165, 1.54) is 16.7 Å². The molecule has 0 saturated carbocycles. The van der Waals surface area contributed by atoms with Gasteiger partial charge >= 0.3 is 5.97 Å². The van der Waals surface area contributed by atoms with Crippen molar-refractivity contribution < 1.29 is 19.1 Å². The third kappa shape index (κ3) is 4.04. The van der Waals surface area contributed by atoms with Gasteiger partial charge < -0.3 is 10.1 Å². The minimum atomic E-state index is -1.09. The fourth-order valence-corrected chi connectivity index (χ4v) is 3.83. The number of esters is 1. The van der Waals surface area contributed by atoms with Crippen LogP contribution >= 0.6 is 11.8 Å².